The van der Waals surface area contributed by atoms with Crippen molar-refractivity contribution < 1.29 is 28.6 Å². The van der Waals surface area contributed by atoms with Crippen LogP contribution < -0.4 is 0 Å². The first kappa shape index (κ1) is 18.0. The standard InChI is InChI=1S/C19H26O6/c1-6-13(20)25-19(4,5)8-12-10-7-11-14(12)18(22)24-16(11)15(10)23-17(21)9(2)3/h10-12,14-16H,2,6-8H2,1,3-5H3. The Morgan fingerprint density at radius 2 is 2.00 bits per heavy atom. The molecule has 0 amide bonds. The number of carbonyl (C=O) groups is 3. The van der Waals surface area contributed by atoms with Crippen LogP contribution in [0.25, 0.3) is 0 Å². The van der Waals surface area contributed by atoms with Gasteiger partial charge in [-0.05, 0) is 39.5 Å². The quantitative estimate of drug-likeness (QED) is 0.416. The van der Waals surface area contributed by atoms with Crippen LogP contribution in [0.1, 0.15) is 47.0 Å². The van der Waals surface area contributed by atoms with E-state index in [1.165, 1.54) is 0 Å². The first-order valence-electron chi connectivity index (χ1n) is 8.93. The van der Waals surface area contributed by atoms with Gasteiger partial charge in [-0.3, -0.25) is 9.59 Å². The van der Waals surface area contributed by atoms with Gasteiger partial charge >= 0.3 is 17.9 Å². The molecule has 6 unspecified atom stereocenters. The second kappa shape index (κ2) is 6.15. The Morgan fingerprint density at radius 3 is 2.60 bits per heavy atom. The van der Waals surface area contributed by atoms with Crippen LogP contribution in [0.5, 0.6) is 0 Å². The Bertz CT molecular complexity index is 621. The van der Waals surface area contributed by atoms with Crippen LogP contribution in [-0.4, -0.2) is 35.7 Å². The van der Waals surface area contributed by atoms with E-state index >= 15 is 0 Å². The number of carbonyl (C=O) groups excluding carboxylic acids is 3. The smallest absolute Gasteiger partial charge is 0.333 e. The average Bonchev–Trinajstić information content (AvgIpc) is 3.10. The predicted octanol–water partition coefficient (Wildman–Crippen LogP) is 2.40. The Hall–Kier alpha value is -1.85. The van der Waals surface area contributed by atoms with Gasteiger partial charge in [-0.2, -0.15) is 0 Å². The summed E-state index contributed by atoms with van der Waals surface area (Å²) in [5.41, 5.74) is -0.346. The summed E-state index contributed by atoms with van der Waals surface area (Å²) >= 11 is 0. The monoisotopic (exact) mass is 350 g/mol. The van der Waals surface area contributed by atoms with E-state index < -0.39 is 17.7 Å². The molecule has 0 aromatic rings. The predicted molar refractivity (Wildman–Crippen MR) is 88.2 cm³/mol. The third-order valence-corrected chi connectivity index (χ3v) is 5.71. The van der Waals surface area contributed by atoms with Gasteiger partial charge in [0.2, 0.25) is 0 Å². The van der Waals surface area contributed by atoms with Crippen molar-refractivity contribution in [1.29, 1.82) is 0 Å². The molecule has 2 aliphatic carbocycles. The van der Waals surface area contributed by atoms with Crippen molar-refractivity contribution in [2.75, 3.05) is 0 Å². The Labute approximate surface area is 147 Å². The minimum atomic E-state index is -0.677. The third kappa shape index (κ3) is 3.07. The molecule has 6 heteroatoms. The molecular formula is C19H26O6. The summed E-state index contributed by atoms with van der Waals surface area (Å²) in [4.78, 5) is 36.0. The first-order chi connectivity index (χ1) is 11.6. The second-order valence-electron chi connectivity index (χ2n) is 8.10. The number of rotatable bonds is 6. The molecule has 6 nitrogen and oxygen atoms in total. The van der Waals surface area contributed by atoms with Crippen molar-refractivity contribution in [2.45, 2.75) is 64.8 Å². The van der Waals surface area contributed by atoms with Gasteiger partial charge < -0.3 is 14.2 Å². The number of esters is 3. The molecule has 1 heterocycles. The number of fused-ring (bicyclic) bond motifs is 1. The van der Waals surface area contributed by atoms with Gasteiger partial charge in [0.15, 0.2) is 0 Å². The largest absolute Gasteiger partial charge is 0.460 e. The van der Waals surface area contributed by atoms with Crippen LogP contribution in [0, 0.1) is 23.7 Å². The van der Waals surface area contributed by atoms with E-state index in [9.17, 15) is 14.4 Å². The maximum atomic E-state index is 12.3. The molecule has 0 N–H and O–H groups in total. The lowest BCUT2D eigenvalue weighted by atomic mass is 9.73. The molecule has 2 bridgehead atoms. The summed E-state index contributed by atoms with van der Waals surface area (Å²) < 4.78 is 16.7. The van der Waals surface area contributed by atoms with Crippen LogP contribution in [0.3, 0.4) is 0 Å². The topological polar surface area (TPSA) is 78.9 Å². The number of ether oxygens (including phenoxy) is 3. The maximum Gasteiger partial charge on any atom is 0.333 e. The van der Waals surface area contributed by atoms with Crippen molar-refractivity contribution in [2.24, 2.45) is 23.7 Å². The molecule has 25 heavy (non-hydrogen) atoms. The zero-order valence-electron chi connectivity index (χ0n) is 15.2. The number of hydrogen-bond acceptors (Lipinski definition) is 6. The van der Waals surface area contributed by atoms with Gasteiger partial charge in [0.1, 0.15) is 17.8 Å². The van der Waals surface area contributed by atoms with Gasteiger partial charge in [0, 0.05) is 23.8 Å². The van der Waals surface area contributed by atoms with E-state index in [1.54, 1.807) is 13.8 Å². The minimum absolute atomic E-state index is 0.0150. The molecular weight excluding hydrogens is 324 g/mol. The fraction of sp³-hybridized carbons (Fsp3) is 0.737. The van der Waals surface area contributed by atoms with Crippen LogP contribution in [-0.2, 0) is 28.6 Å². The average molecular weight is 350 g/mol. The summed E-state index contributed by atoms with van der Waals surface area (Å²) in [6.07, 6.45) is 0.889. The molecule has 2 saturated carbocycles. The molecule has 3 fully saturated rings. The van der Waals surface area contributed by atoms with E-state index in [4.69, 9.17) is 14.2 Å². The van der Waals surface area contributed by atoms with Crippen LogP contribution in [0.4, 0.5) is 0 Å². The van der Waals surface area contributed by atoms with Gasteiger partial charge in [-0.25, -0.2) is 4.79 Å². The lowest BCUT2D eigenvalue weighted by Crippen LogP contribution is -2.43. The van der Waals surface area contributed by atoms with Gasteiger partial charge in [-0.1, -0.05) is 13.5 Å². The SMILES string of the molecule is C=C(C)C(=O)OC1C2CC3C1OC(=O)C3C2CC(C)(C)OC(=O)CC. The van der Waals surface area contributed by atoms with Crippen molar-refractivity contribution in [3.05, 3.63) is 12.2 Å². The summed E-state index contributed by atoms with van der Waals surface area (Å²) in [5, 5.41) is 0. The molecule has 138 valence electrons. The normalized spacial score (nSPS) is 35.4. The highest BCUT2D eigenvalue weighted by Crippen LogP contribution is 2.60. The summed E-state index contributed by atoms with van der Waals surface area (Å²) in [6, 6.07) is 0. The summed E-state index contributed by atoms with van der Waals surface area (Å²) in [6.45, 7) is 10.7. The third-order valence-electron chi connectivity index (χ3n) is 5.71. The fourth-order valence-electron chi connectivity index (χ4n) is 4.79. The molecule has 6 atom stereocenters. The van der Waals surface area contributed by atoms with E-state index in [2.05, 4.69) is 6.58 Å². The van der Waals surface area contributed by atoms with Crippen molar-refractivity contribution >= 4 is 17.9 Å². The van der Waals surface area contributed by atoms with Crippen LogP contribution in [0.2, 0.25) is 0 Å². The highest BCUT2D eigenvalue weighted by Gasteiger charge is 2.68. The maximum absolute atomic E-state index is 12.3. The highest BCUT2D eigenvalue weighted by molar-refractivity contribution is 5.87. The molecule has 0 aromatic carbocycles. The minimum Gasteiger partial charge on any atom is -0.460 e. The lowest BCUT2D eigenvalue weighted by Gasteiger charge is -2.36. The van der Waals surface area contributed by atoms with Gasteiger partial charge in [-0.15, -0.1) is 0 Å². The molecule has 1 saturated heterocycles. The van der Waals surface area contributed by atoms with E-state index in [0.29, 0.717) is 18.4 Å². The van der Waals surface area contributed by atoms with E-state index in [1.807, 2.05) is 13.8 Å². The number of hydrogen-bond donors (Lipinski definition) is 0. The molecule has 0 radical (unpaired) electrons. The molecule has 0 spiro atoms. The van der Waals surface area contributed by atoms with Crippen LogP contribution in [0.15, 0.2) is 12.2 Å². The molecule has 3 aliphatic rings. The van der Waals surface area contributed by atoms with Gasteiger partial charge in [0.05, 0.1) is 5.92 Å². The Balaban J connectivity index is 1.78. The molecule has 3 rings (SSSR count). The van der Waals surface area contributed by atoms with E-state index in [0.717, 1.165) is 6.42 Å². The second-order valence-corrected chi connectivity index (χ2v) is 8.10. The van der Waals surface area contributed by atoms with Gasteiger partial charge in [0.25, 0.3) is 0 Å². The lowest BCUT2D eigenvalue weighted by molar-refractivity contribution is -0.161. The fourth-order valence-corrected chi connectivity index (χ4v) is 4.79. The Morgan fingerprint density at radius 1 is 1.32 bits per heavy atom. The zero-order valence-corrected chi connectivity index (χ0v) is 15.2. The van der Waals surface area contributed by atoms with Crippen LogP contribution >= 0.6 is 0 Å². The molecule has 0 aromatic heterocycles. The van der Waals surface area contributed by atoms with E-state index in [-0.39, 0.29) is 41.7 Å². The first-order valence-corrected chi connectivity index (χ1v) is 8.93. The summed E-state index contributed by atoms with van der Waals surface area (Å²) in [7, 11) is 0. The van der Waals surface area contributed by atoms with Crippen molar-refractivity contribution in [1.82, 2.24) is 0 Å². The summed E-state index contributed by atoms with van der Waals surface area (Å²) in [5.74, 6) is -0.989. The highest BCUT2D eigenvalue weighted by atomic mass is 16.6. The zero-order chi connectivity index (χ0) is 18.5. The Kier molecular flexibility index (Phi) is 4.41. The van der Waals surface area contributed by atoms with Crippen molar-refractivity contribution in [3.63, 3.8) is 0 Å². The van der Waals surface area contributed by atoms with Crippen molar-refractivity contribution in [3.8, 4) is 0 Å². The molecule has 1 aliphatic heterocycles.